The molecule has 78 valence electrons. The molecule has 0 rings (SSSR count). The van der Waals surface area contributed by atoms with Crippen LogP contribution in [0.4, 0.5) is 0 Å². The normalized spacial score (nSPS) is 12.6. The van der Waals surface area contributed by atoms with Crippen LogP contribution in [0.3, 0.4) is 0 Å². The van der Waals surface area contributed by atoms with Crippen molar-refractivity contribution in [3.8, 4) is 0 Å². The van der Waals surface area contributed by atoms with Crippen molar-refractivity contribution in [2.24, 2.45) is 11.7 Å². The first-order chi connectivity index (χ1) is 5.38. The fraction of sp³-hybridized carbons (Fsp3) is 0.667. The molecule has 1 atom stereocenters. The zero-order valence-corrected chi connectivity index (χ0v) is 8.46. The predicted octanol–water partition coefficient (Wildman–Crippen LogP) is 0.264. The average molecular weight is 189 g/mol. The predicted molar refractivity (Wildman–Crippen MR) is 52.2 cm³/mol. The molecule has 0 saturated heterocycles. The van der Waals surface area contributed by atoms with Crippen molar-refractivity contribution in [1.82, 2.24) is 0 Å². The summed E-state index contributed by atoms with van der Waals surface area (Å²) in [6, 6.07) is 0. The molecule has 0 bridgehead atoms. The van der Waals surface area contributed by atoms with Crippen molar-refractivity contribution in [1.29, 1.82) is 0 Å². The van der Waals surface area contributed by atoms with Gasteiger partial charge in [0.2, 0.25) is 0 Å². The zero-order valence-electron chi connectivity index (χ0n) is 8.46. The SMILES string of the molecule is C=CC(=O)OCC(C)C(C)(C)N.O. The van der Waals surface area contributed by atoms with Gasteiger partial charge in [0.1, 0.15) is 0 Å². The van der Waals surface area contributed by atoms with E-state index in [-0.39, 0.29) is 16.9 Å². The molecule has 0 heterocycles. The minimum atomic E-state index is -0.397. The summed E-state index contributed by atoms with van der Waals surface area (Å²) in [6.07, 6.45) is 1.15. The average Bonchev–Trinajstić information content (AvgIpc) is 1.97. The van der Waals surface area contributed by atoms with Crippen LogP contribution in [0.2, 0.25) is 0 Å². The first kappa shape index (κ1) is 14.6. The summed E-state index contributed by atoms with van der Waals surface area (Å²) in [7, 11) is 0. The first-order valence-corrected chi connectivity index (χ1v) is 3.96. The van der Waals surface area contributed by atoms with E-state index < -0.39 is 5.97 Å². The molecule has 0 amide bonds. The van der Waals surface area contributed by atoms with E-state index in [1.54, 1.807) is 0 Å². The van der Waals surface area contributed by atoms with Crippen LogP contribution < -0.4 is 5.73 Å². The summed E-state index contributed by atoms with van der Waals surface area (Å²) >= 11 is 0. The third kappa shape index (κ3) is 6.31. The molecule has 0 radical (unpaired) electrons. The van der Waals surface area contributed by atoms with Crippen LogP contribution in [-0.2, 0) is 9.53 Å². The van der Waals surface area contributed by atoms with Crippen LogP contribution in [0, 0.1) is 5.92 Å². The minimum Gasteiger partial charge on any atom is -0.462 e. The Morgan fingerprint density at radius 3 is 2.46 bits per heavy atom. The van der Waals surface area contributed by atoms with E-state index in [0.717, 1.165) is 6.08 Å². The van der Waals surface area contributed by atoms with E-state index in [1.165, 1.54) is 0 Å². The van der Waals surface area contributed by atoms with Crippen molar-refractivity contribution in [2.45, 2.75) is 26.3 Å². The van der Waals surface area contributed by atoms with Gasteiger partial charge in [0, 0.05) is 17.5 Å². The van der Waals surface area contributed by atoms with E-state index in [4.69, 9.17) is 10.5 Å². The van der Waals surface area contributed by atoms with Gasteiger partial charge in [-0.05, 0) is 13.8 Å². The van der Waals surface area contributed by atoms with Crippen molar-refractivity contribution in [3.63, 3.8) is 0 Å². The van der Waals surface area contributed by atoms with Gasteiger partial charge in [0.05, 0.1) is 6.61 Å². The maximum Gasteiger partial charge on any atom is 0.330 e. The second-order valence-corrected chi connectivity index (χ2v) is 3.56. The molecular weight excluding hydrogens is 170 g/mol. The number of rotatable bonds is 4. The van der Waals surface area contributed by atoms with E-state index in [9.17, 15) is 4.79 Å². The lowest BCUT2D eigenvalue weighted by Gasteiger charge is -2.26. The summed E-state index contributed by atoms with van der Waals surface area (Å²) in [5.74, 6) is -0.257. The minimum absolute atomic E-state index is 0. The van der Waals surface area contributed by atoms with Gasteiger partial charge in [-0.25, -0.2) is 4.79 Å². The molecule has 4 heteroatoms. The number of carbonyl (C=O) groups is 1. The monoisotopic (exact) mass is 189 g/mol. The maximum absolute atomic E-state index is 10.7. The molecule has 4 N–H and O–H groups in total. The second kappa shape index (κ2) is 5.72. The Hall–Kier alpha value is -0.870. The van der Waals surface area contributed by atoms with Gasteiger partial charge < -0.3 is 15.9 Å². The fourth-order valence-electron chi connectivity index (χ4n) is 0.481. The smallest absolute Gasteiger partial charge is 0.330 e. The van der Waals surface area contributed by atoms with Crippen LogP contribution in [0.25, 0.3) is 0 Å². The van der Waals surface area contributed by atoms with Crippen molar-refractivity contribution in [2.75, 3.05) is 6.61 Å². The number of carbonyl (C=O) groups excluding carboxylic acids is 1. The molecule has 0 aromatic rings. The zero-order chi connectivity index (χ0) is 9.78. The Kier molecular flexibility index (Phi) is 6.44. The van der Waals surface area contributed by atoms with Crippen LogP contribution in [0.1, 0.15) is 20.8 Å². The molecule has 4 nitrogen and oxygen atoms in total. The Bertz CT molecular complexity index is 172. The summed E-state index contributed by atoms with van der Waals surface area (Å²) in [5, 5.41) is 0. The van der Waals surface area contributed by atoms with Gasteiger partial charge in [-0.2, -0.15) is 0 Å². The van der Waals surface area contributed by atoms with Crippen molar-refractivity contribution < 1.29 is 15.0 Å². The highest BCUT2D eigenvalue weighted by molar-refractivity contribution is 5.81. The van der Waals surface area contributed by atoms with Gasteiger partial charge in [-0.15, -0.1) is 0 Å². The van der Waals surface area contributed by atoms with E-state index in [0.29, 0.717) is 6.61 Å². The first-order valence-electron chi connectivity index (χ1n) is 3.96. The number of ether oxygens (including phenoxy) is 1. The van der Waals surface area contributed by atoms with Crippen LogP contribution >= 0.6 is 0 Å². The lowest BCUT2D eigenvalue weighted by molar-refractivity contribution is -0.139. The molecule has 0 aliphatic carbocycles. The maximum atomic E-state index is 10.7. The molecule has 0 aliphatic heterocycles. The third-order valence-corrected chi connectivity index (χ3v) is 1.91. The lowest BCUT2D eigenvalue weighted by Crippen LogP contribution is -2.41. The van der Waals surface area contributed by atoms with Gasteiger partial charge >= 0.3 is 5.97 Å². The quantitative estimate of drug-likeness (QED) is 0.508. The Labute approximate surface area is 79.1 Å². The van der Waals surface area contributed by atoms with Gasteiger partial charge in [-0.3, -0.25) is 0 Å². The van der Waals surface area contributed by atoms with Crippen molar-refractivity contribution >= 4 is 5.97 Å². The molecule has 13 heavy (non-hydrogen) atoms. The second-order valence-electron chi connectivity index (χ2n) is 3.56. The molecule has 0 saturated carbocycles. The highest BCUT2D eigenvalue weighted by Crippen LogP contribution is 2.12. The van der Waals surface area contributed by atoms with Crippen molar-refractivity contribution in [3.05, 3.63) is 12.7 Å². The lowest BCUT2D eigenvalue weighted by atomic mass is 9.91. The summed E-state index contributed by atoms with van der Waals surface area (Å²) in [4.78, 5) is 10.7. The largest absolute Gasteiger partial charge is 0.462 e. The number of hydrogen-bond donors (Lipinski definition) is 1. The highest BCUT2D eigenvalue weighted by atomic mass is 16.5. The number of esters is 1. The topological polar surface area (TPSA) is 83.8 Å². The van der Waals surface area contributed by atoms with Crippen LogP contribution in [0.5, 0.6) is 0 Å². The molecule has 1 unspecified atom stereocenters. The summed E-state index contributed by atoms with van der Waals surface area (Å²) in [5.41, 5.74) is 5.47. The number of hydrogen-bond acceptors (Lipinski definition) is 3. The highest BCUT2D eigenvalue weighted by Gasteiger charge is 2.21. The molecule has 0 aliphatic rings. The Morgan fingerprint density at radius 2 is 2.15 bits per heavy atom. The van der Waals surface area contributed by atoms with E-state index >= 15 is 0 Å². The van der Waals surface area contributed by atoms with E-state index in [2.05, 4.69) is 6.58 Å². The molecule has 0 fully saturated rings. The Morgan fingerprint density at radius 1 is 1.69 bits per heavy atom. The molecule has 0 spiro atoms. The third-order valence-electron chi connectivity index (χ3n) is 1.91. The van der Waals surface area contributed by atoms with Gasteiger partial charge in [0.15, 0.2) is 0 Å². The fourth-order valence-corrected chi connectivity index (χ4v) is 0.481. The van der Waals surface area contributed by atoms with Gasteiger partial charge in [-0.1, -0.05) is 13.5 Å². The standard InChI is InChI=1S/C9H17NO2.H2O/c1-5-8(11)12-6-7(2)9(3,4)10;/h5,7H,1,6,10H2,2-4H3;1H2. The molecular formula is C9H19NO3. The molecule has 0 aromatic heterocycles. The summed E-state index contributed by atoms with van der Waals surface area (Å²) < 4.78 is 4.84. The van der Waals surface area contributed by atoms with Crippen LogP contribution in [0.15, 0.2) is 12.7 Å². The van der Waals surface area contributed by atoms with Crippen LogP contribution in [-0.4, -0.2) is 23.6 Å². The van der Waals surface area contributed by atoms with E-state index in [1.807, 2.05) is 20.8 Å². The van der Waals surface area contributed by atoms with Gasteiger partial charge in [0.25, 0.3) is 0 Å². The molecule has 0 aromatic carbocycles. The Balaban J connectivity index is 0. The number of nitrogens with two attached hydrogens (primary N) is 1. The summed E-state index contributed by atoms with van der Waals surface area (Å²) in [6.45, 7) is 9.38.